The first kappa shape index (κ1) is 15.4. The molecule has 1 unspecified atom stereocenters. The van der Waals surface area contributed by atoms with Crippen molar-refractivity contribution in [3.8, 4) is 0 Å². The van der Waals surface area contributed by atoms with E-state index in [0.29, 0.717) is 19.4 Å². The monoisotopic (exact) mass is 289 g/mol. The third kappa shape index (κ3) is 4.01. The Bertz CT molecular complexity index is 614. The van der Waals surface area contributed by atoms with Gasteiger partial charge in [0.1, 0.15) is 5.82 Å². The fraction of sp³-hybridized carbons (Fsp3) is 0.533. The van der Waals surface area contributed by atoms with Crippen LogP contribution < -0.4 is 11.1 Å². The number of hydrogen-bond acceptors (Lipinski definition) is 4. The third-order valence-electron chi connectivity index (χ3n) is 3.57. The molecule has 6 nitrogen and oxygen atoms in total. The average molecular weight is 289 g/mol. The Morgan fingerprint density at radius 2 is 2.14 bits per heavy atom. The van der Waals surface area contributed by atoms with Gasteiger partial charge in [0.05, 0.1) is 0 Å². The minimum Gasteiger partial charge on any atom is -0.356 e. The number of nitrogens with one attached hydrogen (secondary N) is 1. The highest BCUT2D eigenvalue weighted by Gasteiger charge is 2.22. The standard InChI is InChI=1S/C15H23N5O/c1-15(2,3)11(16)10-14(21)17-8-7-13-19-18-12-6-4-5-9-20(12)13/h4-6,9,11H,7-8,10,16H2,1-3H3,(H,17,21). The van der Waals surface area contributed by atoms with Crippen LogP contribution in [0.4, 0.5) is 0 Å². The molecule has 1 atom stereocenters. The predicted molar refractivity (Wildman–Crippen MR) is 81.7 cm³/mol. The van der Waals surface area contributed by atoms with Crippen molar-refractivity contribution in [2.24, 2.45) is 11.1 Å². The number of amides is 1. The first-order valence-electron chi connectivity index (χ1n) is 7.19. The molecule has 0 aliphatic heterocycles. The van der Waals surface area contributed by atoms with Gasteiger partial charge >= 0.3 is 0 Å². The van der Waals surface area contributed by atoms with E-state index in [4.69, 9.17) is 5.73 Å². The molecule has 0 saturated heterocycles. The average Bonchev–Trinajstić information content (AvgIpc) is 2.81. The molecule has 0 bridgehead atoms. The van der Waals surface area contributed by atoms with Crippen molar-refractivity contribution in [1.82, 2.24) is 19.9 Å². The maximum atomic E-state index is 11.9. The van der Waals surface area contributed by atoms with Crippen LogP contribution in [-0.2, 0) is 11.2 Å². The number of nitrogens with zero attached hydrogens (tertiary/aromatic N) is 3. The second-order valence-electron chi connectivity index (χ2n) is 6.32. The molecule has 6 heteroatoms. The van der Waals surface area contributed by atoms with Gasteiger partial charge in [-0.15, -0.1) is 10.2 Å². The number of hydrogen-bond donors (Lipinski definition) is 2. The molecule has 0 fully saturated rings. The molecule has 2 aromatic heterocycles. The summed E-state index contributed by atoms with van der Waals surface area (Å²) in [6.07, 6.45) is 2.90. The lowest BCUT2D eigenvalue weighted by molar-refractivity contribution is -0.121. The Kier molecular flexibility index (Phi) is 4.57. The Hall–Kier alpha value is -1.95. The van der Waals surface area contributed by atoms with Crippen molar-refractivity contribution in [3.05, 3.63) is 30.2 Å². The zero-order valence-corrected chi connectivity index (χ0v) is 12.8. The topological polar surface area (TPSA) is 85.3 Å². The molecule has 2 rings (SSSR count). The SMILES string of the molecule is CC(C)(C)C(N)CC(=O)NCCc1nnc2ccccn12. The van der Waals surface area contributed by atoms with Gasteiger partial charge in [0.15, 0.2) is 5.65 Å². The van der Waals surface area contributed by atoms with Crippen molar-refractivity contribution in [2.45, 2.75) is 39.7 Å². The molecule has 0 aliphatic rings. The van der Waals surface area contributed by atoms with Crippen molar-refractivity contribution in [3.63, 3.8) is 0 Å². The van der Waals surface area contributed by atoms with Gasteiger partial charge in [0, 0.05) is 31.6 Å². The summed E-state index contributed by atoms with van der Waals surface area (Å²) < 4.78 is 1.92. The zero-order chi connectivity index (χ0) is 15.5. The predicted octanol–water partition coefficient (Wildman–Crippen LogP) is 1.15. The number of aromatic nitrogens is 3. The van der Waals surface area contributed by atoms with E-state index in [1.807, 2.05) is 49.6 Å². The smallest absolute Gasteiger partial charge is 0.221 e. The molecule has 0 saturated carbocycles. The zero-order valence-electron chi connectivity index (χ0n) is 12.8. The lowest BCUT2D eigenvalue weighted by Gasteiger charge is -2.26. The summed E-state index contributed by atoms with van der Waals surface area (Å²) in [7, 11) is 0. The van der Waals surface area contributed by atoms with E-state index in [0.717, 1.165) is 11.5 Å². The van der Waals surface area contributed by atoms with Gasteiger partial charge < -0.3 is 11.1 Å². The Balaban J connectivity index is 1.83. The molecule has 2 aromatic rings. The lowest BCUT2D eigenvalue weighted by Crippen LogP contribution is -2.40. The minimum atomic E-state index is -0.147. The van der Waals surface area contributed by atoms with E-state index in [2.05, 4.69) is 15.5 Å². The summed E-state index contributed by atoms with van der Waals surface area (Å²) in [6, 6.07) is 5.60. The van der Waals surface area contributed by atoms with E-state index < -0.39 is 0 Å². The third-order valence-corrected chi connectivity index (χ3v) is 3.57. The van der Waals surface area contributed by atoms with E-state index in [1.54, 1.807) is 0 Å². The summed E-state index contributed by atoms with van der Waals surface area (Å²) in [6.45, 7) is 6.64. The van der Waals surface area contributed by atoms with E-state index >= 15 is 0 Å². The minimum absolute atomic E-state index is 0.0220. The summed E-state index contributed by atoms with van der Waals surface area (Å²) in [5, 5.41) is 11.1. The molecule has 114 valence electrons. The van der Waals surface area contributed by atoms with Gasteiger partial charge in [-0.2, -0.15) is 0 Å². The van der Waals surface area contributed by atoms with Crippen LogP contribution in [0.25, 0.3) is 5.65 Å². The highest BCUT2D eigenvalue weighted by Crippen LogP contribution is 2.19. The van der Waals surface area contributed by atoms with Crippen LogP contribution in [0.1, 0.15) is 33.0 Å². The number of pyridine rings is 1. The molecular formula is C15H23N5O. The molecule has 0 aromatic carbocycles. The van der Waals surface area contributed by atoms with Crippen LogP contribution in [0.3, 0.4) is 0 Å². The maximum Gasteiger partial charge on any atom is 0.221 e. The molecular weight excluding hydrogens is 266 g/mol. The lowest BCUT2D eigenvalue weighted by atomic mass is 9.85. The normalized spacial score (nSPS) is 13.3. The number of carbonyl (C=O) groups excluding carboxylic acids is 1. The quantitative estimate of drug-likeness (QED) is 0.864. The van der Waals surface area contributed by atoms with Crippen LogP contribution >= 0.6 is 0 Å². The van der Waals surface area contributed by atoms with Crippen molar-refractivity contribution >= 4 is 11.6 Å². The van der Waals surface area contributed by atoms with E-state index in [1.165, 1.54) is 0 Å². The molecule has 0 radical (unpaired) electrons. The first-order chi connectivity index (χ1) is 9.88. The molecule has 2 heterocycles. The summed E-state index contributed by atoms with van der Waals surface area (Å²) in [4.78, 5) is 11.9. The molecule has 21 heavy (non-hydrogen) atoms. The van der Waals surface area contributed by atoms with Crippen LogP contribution in [0, 0.1) is 5.41 Å². The number of nitrogens with two attached hydrogens (primary N) is 1. The number of carbonyl (C=O) groups is 1. The Morgan fingerprint density at radius 3 is 2.86 bits per heavy atom. The highest BCUT2D eigenvalue weighted by molar-refractivity contribution is 5.76. The van der Waals surface area contributed by atoms with Gasteiger partial charge in [-0.05, 0) is 17.5 Å². The van der Waals surface area contributed by atoms with Gasteiger partial charge in [-0.1, -0.05) is 26.8 Å². The maximum absolute atomic E-state index is 11.9. The summed E-state index contributed by atoms with van der Waals surface area (Å²) in [5.74, 6) is 0.817. The number of rotatable bonds is 5. The van der Waals surface area contributed by atoms with Crippen LogP contribution in [-0.4, -0.2) is 33.1 Å². The Labute approximate surface area is 124 Å². The van der Waals surface area contributed by atoms with E-state index in [9.17, 15) is 4.79 Å². The van der Waals surface area contributed by atoms with Gasteiger partial charge in [-0.3, -0.25) is 9.20 Å². The number of fused-ring (bicyclic) bond motifs is 1. The van der Waals surface area contributed by atoms with Gasteiger partial charge in [-0.25, -0.2) is 0 Å². The van der Waals surface area contributed by atoms with Gasteiger partial charge in [0.25, 0.3) is 0 Å². The fourth-order valence-electron chi connectivity index (χ4n) is 1.95. The summed E-state index contributed by atoms with van der Waals surface area (Å²) >= 11 is 0. The van der Waals surface area contributed by atoms with Crippen molar-refractivity contribution < 1.29 is 4.79 Å². The van der Waals surface area contributed by atoms with E-state index in [-0.39, 0.29) is 17.4 Å². The van der Waals surface area contributed by atoms with Crippen molar-refractivity contribution in [1.29, 1.82) is 0 Å². The van der Waals surface area contributed by atoms with Crippen LogP contribution in [0.15, 0.2) is 24.4 Å². The molecule has 3 N–H and O–H groups in total. The highest BCUT2D eigenvalue weighted by atomic mass is 16.1. The second-order valence-corrected chi connectivity index (χ2v) is 6.32. The second kappa shape index (κ2) is 6.22. The Morgan fingerprint density at radius 1 is 1.38 bits per heavy atom. The van der Waals surface area contributed by atoms with Crippen molar-refractivity contribution in [2.75, 3.05) is 6.54 Å². The van der Waals surface area contributed by atoms with Crippen LogP contribution in [0.2, 0.25) is 0 Å². The van der Waals surface area contributed by atoms with Gasteiger partial charge in [0.2, 0.25) is 5.91 Å². The molecule has 1 amide bonds. The fourth-order valence-corrected chi connectivity index (χ4v) is 1.95. The summed E-state index contributed by atoms with van der Waals surface area (Å²) in [5.41, 5.74) is 6.75. The molecule has 0 aliphatic carbocycles. The largest absolute Gasteiger partial charge is 0.356 e. The molecule has 0 spiro atoms. The van der Waals surface area contributed by atoms with Crippen LogP contribution in [0.5, 0.6) is 0 Å². The first-order valence-corrected chi connectivity index (χ1v) is 7.19.